The second kappa shape index (κ2) is 5.79. The summed E-state index contributed by atoms with van der Waals surface area (Å²) in [7, 11) is 0. The van der Waals surface area contributed by atoms with Gasteiger partial charge >= 0.3 is 0 Å². The van der Waals surface area contributed by atoms with E-state index in [1.807, 2.05) is 5.38 Å². The molecular weight excluding hydrogens is 262 g/mol. The molecule has 0 saturated heterocycles. The Hall–Kier alpha value is -1.95. The van der Waals surface area contributed by atoms with Crippen LogP contribution in [0.15, 0.2) is 28.4 Å². The number of fused-ring (bicyclic) bond motifs is 1. The first kappa shape index (κ1) is 13.5. The molecule has 100 valence electrons. The van der Waals surface area contributed by atoms with Crippen molar-refractivity contribution >= 4 is 22.2 Å². The lowest BCUT2D eigenvalue weighted by atomic mass is 10.3. The highest BCUT2D eigenvalue weighted by Crippen LogP contribution is 2.12. The lowest BCUT2D eigenvalue weighted by Crippen LogP contribution is -2.25. The number of hydrogen-bond donors (Lipinski definition) is 1. The lowest BCUT2D eigenvalue weighted by Gasteiger charge is -2.02. The van der Waals surface area contributed by atoms with E-state index in [4.69, 9.17) is 0 Å². The van der Waals surface area contributed by atoms with Gasteiger partial charge in [-0.15, -0.1) is 11.3 Å². The molecule has 1 N–H and O–H groups in total. The zero-order chi connectivity index (χ0) is 13.8. The van der Waals surface area contributed by atoms with Gasteiger partial charge in [-0.05, 0) is 19.9 Å². The van der Waals surface area contributed by atoms with Crippen LogP contribution in [0.25, 0.3) is 4.96 Å². The molecule has 5 nitrogen and oxygen atoms in total. The number of nitrogens with zero attached hydrogens (tertiary/aromatic N) is 2. The Morgan fingerprint density at radius 1 is 1.58 bits per heavy atom. The van der Waals surface area contributed by atoms with Crippen molar-refractivity contribution in [3.63, 3.8) is 0 Å². The molecule has 0 aliphatic carbocycles. The number of allylic oxidation sites excluding steroid dienone is 1. The summed E-state index contributed by atoms with van der Waals surface area (Å²) >= 11 is 1.44. The van der Waals surface area contributed by atoms with Gasteiger partial charge in [-0.1, -0.05) is 6.08 Å². The maximum Gasteiger partial charge on any atom is 0.258 e. The Balaban J connectivity index is 2.14. The zero-order valence-electron chi connectivity index (χ0n) is 10.8. The Labute approximate surface area is 114 Å². The largest absolute Gasteiger partial charge is 0.352 e. The zero-order valence-corrected chi connectivity index (χ0v) is 11.7. The first-order valence-electron chi connectivity index (χ1n) is 5.99. The summed E-state index contributed by atoms with van der Waals surface area (Å²) < 4.78 is 1.60. The van der Waals surface area contributed by atoms with Crippen LogP contribution < -0.4 is 10.9 Å². The number of thiazole rings is 1. The molecule has 0 saturated carbocycles. The molecule has 2 aromatic rings. The van der Waals surface area contributed by atoms with E-state index in [1.165, 1.54) is 23.5 Å². The van der Waals surface area contributed by atoms with Gasteiger partial charge in [0.25, 0.3) is 5.56 Å². The van der Waals surface area contributed by atoms with Gasteiger partial charge in [-0.25, -0.2) is 4.98 Å². The molecule has 6 heteroatoms. The molecule has 0 aliphatic heterocycles. The fourth-order valence-electron chi connectivity index (χ4n) is 1.78. The average molecular weight is 277 g/mol. The van der Waals surface area contributed by atoms with Gasteiger partial charge < -0.3 is 5.32 Å². The molecule has 0 fully saturated rings. The highest BCUT2D eigenvalue weighted by molar-refractivity contribution is 7.15. The Morgan fingerprint density at radius 3 is 3.11 bits per heavy atom. The summed E-state index contributed by atoms with van der Waals surface area (Å²) in [4.78, 5) is 28.2. The number of hydrogen-bond acceptors (Lipinski definition) is 4. The second-order valence-corrected chi connectivity index (χ2v) is 4.96. The Bertz CT molecular complexity index is 685. The normalized spacial score (nSPS) is 11.3. The molecule has 2 heterocycles. The van der Waals surface area contributed by atoms with Crippen molar-refractivity contribution in [2.24, 2.45) is 0 Å². The lowest BCUT2D eigenvalue weighted by molar-refractivity contribution is -0.116. The van der Waals surface area contributed by atoms with Crippen molar-refractivity contribution in [2.75, 3.05) is 6.54 Å². The predicted octanol–water partition coefficient (Wildman–Crippen LogP) is 1.30. The van der Waals surface area contributed by atoms with Gasteiger partial charge in [0.1, 0.15) is 0 Å². The highest BCUT2D eigenvalue weighted by atomic mass is 32.1. The number of aryl methyl sites for hydroxylation is 1. The number of nitrogens with one attached hydrogen (secondary N) is 1. The van der Waals surface area contributed by atoms with Crippen molar-refractivity contribution in [2.45, 2.75) is 20.3 Å². The molecule has 2 aromatic heterocycles. The molecule has 0 atom stereocenters. The molecule has 0 aliphatic rings. The first-order chi connectivity index (χ1) is 9.11. The van der Waals surface area contributed by atoms with Crippen LogP contribution in [0, 0.1) is 6.92 Å². The summed E-state index contributed by atoms with van der Waals surface area (Å²) in [5, 5.41) is 4.67. The van der Waals surface area contributed by atoms with E-state index in [9.17, 15) is 9.59 Å². The number of carbonyl (C=O) groups is 1. The van der Waals surface area contributed by atoms with Crippen molar-refractivity contribution in [1.82, 2.24) is 14.7 Å². The van der Waals surface area contributed by atoms with E-state index < -0.39 is 0 Å². The predicted molar refractivity (Wildman–Crippen MR) is 75.6 cm³/mol. The summed E-state index contributed by atoms with van der Waals surface area (Å²) in [5.41, 5.74) is 1.52. The van der Waals surface area contributed by atoms with E-state index in [2.05, 4.69) is 10.3 Å². The molecule has 0 unspecified atom stereocenters. The van der Waals surface area contributed by atoms with Crippen LogP contribution >= 0.6 is 11.3 Å². The molecule has 19 heavy (non-hydrogen) atoms. The topological polar surface area (TPSA) is 63.5 Å². The van der Waals surface area contributed by atoms with Gasteiger partial charge in [-0.2, -0.15) is 0 Å². The molecule has 0 spiro atoms. The van der Waals surface area contributed by atoms with Crippen LogP contribution in [0.1, 0.15) is 18.3 Å². The van der Waals surface area contributed by atoms with E-state index in [0.29, 0.717) is 17.9 Å². The van der Waals surface area contributed by atoms with E-state index in [-0.39, 0.29) is 11.5 Å². The monoisotopic (exact) mass is 277 g/mol. The van der Waals surface area contributed by atoms with Crippen LogP contribution in [-0.2, 0) is 11.2 Å². The minimum absolute atomic E-state index is 0.0708. The third kappa shape index (κ3) is 3.08. The highest BCUT2D eigenvalue weighted by Gasteiger charge is 2.07. The van der Waals surface area contributed by atoms with Crippen LogP contribution in [0.4, 0.5) is 0 Å². The third-order valence-corrected chi connectivity index (χ3v) is 3.48. The Kier molecular flexibility index (Phi) is 4.11. The smallest absolute Gasteiger partial charge is 0.258 e. The maximum atomic E-state index is 11.9. The van der Waals surface area contributed by atoms with Crippen molar-refractivity contribution in [3.8, 4) is 0 Å². The average Bonchev–Trinajstić information content (AvgIpc) is 2.72. The molecule has 0 bridgehead atoms. The quantitative estimate of drug-likeness (QED) is 0.857. The van der Waals surface area contributed by atoms with Gasteiger partial charge in [0, 0.05) is 35.8 Å². The fourth-order valence-corrected chi connectivity index (χ4v) is 2.76. The maximum absolute atomic E-state index is 11.9. The van der Waals surface area contributed by atoms with E-state index >= 15 is 0 Å². The van der Waals surface area contributed by atoms with Crippen molar-refractivity contribution in [1.29, 1.82) is 0 Å². The van der Waals surface area contributed by atoms with Gasteiger partial charge in [-0.3, -0.25) is 14.0 Å². The minimum atomic E-state index is -0.122. The fraction of sp³-hybridized carbons (Fsp3) is 0.308. The SMILES string of the molecule is CC=CC(=O)NCCc1csc2nc(C)cc(=O)n12. The van der Waals surface area contributed by atoms with Crippen molar-refractivity contribution in [3.05, 3.63) is 45.3 Å². The third-order valence-electron chi connectivity index (χ3n) is 2.60. The molecular formula is C13H15N3O2S. The van der Waals surface area contributed by atoms with Crippen molar-refractivity contribution < 1.29 is 4.79 Å². The number of rotatable bonds is 4. The minimum Gasteiger partial charge on any atom is -0.352 e. The summed E-state index contributed by atoms with van der Waals surface area (Å²) in [6.45, 7) is 4.09. The standard InChI is InChI=1S/C13H15N3O2S/c1-3-4-11(17)14-6-5-10-8-19-13-15-9(2)7-12(18)16(10)13/h3-4,7-8H,5-6H2,1-2H3,(H,14,17). The summed E-state index contributed by atoms with van der Waals surface area (Å²) in [5.74, 6) is -0.122. The van der Waals surface area contributed by atoms with Crippen LogP contribution in [-0.4, -0.2) is 21.8 Å². The van der Waals surface area contributed by atoms with E-state index in [0.717, 1.165) is 11.4 Å². The van der Waals surface area contributed by atoms with Gasteiger partial charge in [0.15, 0.2) is 4.96 Å². The summed E-state index contributed by atoms with van der Waals surface area (Å²) in [6, 6.07) is 1.52. The van der Waals surface area contributed by atoms with Crippen LogP contribution in [0.5, 0.6) is 0 Å². The summed E-state index contributed by atoms with van der Waals surface area (Å²) in [6.07, 6.45) is 3.77. The molecule has 0 radical (unpaired) electrons. The number of amides is 1. The molecule has 1 amide bonds. The number of carbonyl (C=O) groups excluding carboxylic acids is 1. The molecule has 2 rings (SSSR count). The van der Waals surface area contributed by atoms with Gasteiger partial charge in [0.2, 0.25) is 5.91 Å². The van der Waals surface area contributed by atoms with Crippen LogP contribution in [0.2, 0.25) is 0 Å². The van der Waals surface area contributed by atoms with Gasteiger partial charge in [0.05, 0.1) is 0 Å². The Morgan fingerprint density at radius 2 is 2.37 bits per heavy atom. The first-order valence-corrected chi connectivity index (χ1v) is 6.87. The van der Waals surface area contributed by atoms with Crippen LogP contribution in [0.3, 0.4) is 0 Å². The number of aromatic nitrogens is 2. The second-order valence-electron chi connectivity index (χ2n) is 4.12. The van der Waals surface area contributed by atoms with E-state index in [1.54, 1.807) is 24.3 Å². The molecule has 0 aromatic carbocycles.